The number of aromatic nitrogens is 1. The molecule has 0 saturated heterocycles. The number of methoxy groups -OCH3 is 1. The summed E-state index contributed by atoms with van der Waals surface area (Å²) in [5, 5.41) is 2.79. The average Bonchev–Trinajstić information content (AvgIpc) is 2.80. The van der Waals surface area contributed by atoms with E-state index >= 15 is 0 Å². The van der Waals surface area contributed by atoms with Gasteiger partial charge in [0.1, 0.15) is 11.6 Å². The van der Waals surface area contributed by atoms with Crippen molar-refractivity contribution in [3.8, 4) is 16.9 Å². The van der Waals surface area contributed by atoms with Crippen LogP contribution in [-0.2, 0) is 11.2 Å². The van der Waals surface area contributed by atoms with Gasteiger partial charge in [-0.2, -0.15) is 0 Å². The molecular formula is C24H25FN2O3. The topological polar surface area (TPSA) is 60.5 Å². The van der Waals surface area contributed by atoms with Gasteiger partial charge in [-0.05, 0) is 60.0 Å². The predicted molar refractivity (Wildman–Crippen MR) is 117 cm³/mol. The van der Waals surface area contributed by atoms with Crippen LogP contribution < -0.4 is 10.1 Å². The van der Waals surface area contributed by atoms with E-state index in [1.54, 1.807) is 18.2 Å². The summed E-state index contributed by atoms with van der Waals surface area (Å²) < 4.78 is 23.1. The standard InChI is InChI=1S/C15H13FO.C9H10N2O2.H2/c16-14-7-5-11(6-8-14)13-4-3-12-2-1-9-17-15(12)10-13;1-3-11-8-6-10-5-4-7(8)9(12)13-2;/h3-8,10H,1-2,9H2;3-6,11H,1H2,2H3;1H. The number of aryl methyl sites for hydroxylation is 1. The summed E-state index contributed by atoms with van der Waals surface area (Å²) in [6.07, 6.45) is 6.71. The van der Waals surface area contributed by atoms with Crippen molar-refractivity contribution in [3.63, 3.8) is 0 Å². The first-order valence-electron chi connectivity index (χ1n) is 9.54. The molecule has 0 radical (unpaired) electrons. The fourth-order valence-electron chi connectivity index (χ4n) is 3.07. The van der Waals surface area contributed by atoms with Crippen molar-refractivity contribution >= 4 is 11.7 Å². The van der Waals surface area contributed by atoms with Gasteiger partial charge in [0.05, 0.1) is 31.2 Å². The fraction of sp³-hybridized carbons (Fsp3) is 0.167. The number of carbonyl (C=O) groups excluding carboxylic acids is 1. The molecule has 0 unspecified atom stereocenters. The molecule has 1 aliphatic heterocycles. The van der Waals surface area contributed by atoms with E-state index in [2.05, 4.69) is 33.7 Å². The molecule has 4 rings (SSSR count). The predicted octanol–water partition coefficient (Wildman–Crippen LogP) is 5.49. The van der Waals surface area contributed by atoms with Gasteiger partial charge in [-0.15, -0.1) is 0 Å². The number of pyridine rings is 1. The third-order valence-corrected chi connectivity index (χ3v) is 4.58. The Kier molecular flexibility index (Phi) is 7.16. The first-order valence-corrected chi connectivity index (χ1v) is 9.54. The summed E-state index contributed by atoms with van der Waals surface area (Å²) in [5.41, 5.74) is 4.39. The lowest BCUT2D eigenvalue weighted by atomic mass is 10.00. The van der Waals surface area contributed by atoms with Crippen LogP contribution in [0.25, 0.3) is 11.1 Å². The molecule has 0 aliphatic carbocycles. The Morgan fingerprint density at radius 3 is 2.73 bits per heavy atom. The molecule has 6 heteroatoms. The number of rotatable bonds is 4. The van der Waals surface area contributed by atoms with E-state index in [0.717, 1.165) is 36.3 Å². The van der Waals surface area contributed by atoms with Crippen molar-refractivity contribution in [1.29, 1.82) is 0 Å². The lowest BCUT2D eigenvalue weighted by molar-refractivity contribution is 0.0601. The molecule has 0 bridgehead atoms. The lowest BCUT2D eigenvalue weighted by Gasteiger charge is -2.18. The van der Waals surface area contributed by atoms with Crippen molar-refractivity contribution in [3.05, 3.63) is 90.6 Å². The maximum atomic E-state index is 12.9. The number of hydrogen-bond donors (Lipinski definition) is 1. The number of nitrogens with one attached hydrogen (secondary N) is 1. The number of benzene rings is 2. The Bertz CT molecular complexity index is 1030. The van der Waals surface area contributed by atoms with Crippen LogP contribution >= 0.6 is 0 Å². The molecule has 2 aromatic carbocycles. The van der Waals surface area contributed by atoms with Gasteiger partial charge >= 0.3 is 5.97 Å². The molecule has 1 aliphatic rings. The Labute approximate surface area is 176 Å². The normalized spacial score (nSPS) is 11.8. The molecule has 0 fully saturated rings. The molecule has 0 saturated carbocycles. The smallest absolute Gasteiger partial charge is 0.340 e. The molecule has 0 spiro atoms. The number of ether oxygens (including phenoxy) is 2. The van der Waals surface area contributed by atoms with Crippen LogP contribution in [0.4, 0.5) is 10.1 Å². The second-order valence-electron chi connectivity index (χ2n) is 6.54. The van der Waals surface area contributed by atoms with Crippen LogP contribution in [0.5, 0.6) is 5.75 Å². The van der Waals surface area contributed by atoms with Gasteiger partial charge in [0.15, 0.2) is 0 Å². The summed E-state index contributed by atoms with van der Waals surface area (Å²) in [5.74, 6) is 0.368. The van der Waals surface area contributed by atoms with Crippen LogP contribution in [0, 0.1) is 5.82 Å². The van der Waals surface area contributed by atoms with E-state index in [1.807, 2.05) is 6.07 Å². The minimum atomic E-state index is -0.397. The van der Waals surface area contributed by atoms with Gasteiger partial charge in [-0.25, -0.2) is 9.18 Å². The van der Waals surface area contributed by atoms with Gasteiger partial charge in [-0.3, -0.25) is 4.98 Å². The molecule has 0 amide bonds. The third-order valence-electron chi connectivity index (χ3n) is 4.58. The van der Waals surface area contributed by atoms with Gasteiger partial charge in [0.2, 0.25) is 0 Å². The Hall–Kier alpha value is -3.67. The monoisotopic (exact) mass is 408 g/mol. The number of halogens is 1. The summed E-state index contributed by atoms with van der Waals surface area (Å²) in [7, 11) is 1.33. The number of fused-ring (bicyclic) bond motifs is 1. The first-order chi connectivity index (χ1) is 14.6. The number of esters is 1. The highest BCUT2D eigenvalue weighted by Crippen LogP contribution is 2.30. The van der Waals surface area contributed by atoms with Gasteiger partial charge in [0.25, 0.3) is 0 Å². The largest absolute Gasteiger partial charge is 0.493 e. The SMILES string of the molecule is C=CNc1cnccc1C(=O)OC.Fc1ccc(-c2ccc3c(c2)OCCC3)cc1.[HH]. The van der Waals surface area contributed by atoms with E-state index < -0.39 is 5.97 Å². The summed E-state index contributed by atoms with van der Waals surface area (Å²) in [4.78, 5) is 15.0. The van der Waals surface area contributed by atoms with Crippen molar-refractivity contribution in [2.45, 2.75) is 12.8 Å². The summed E-state index contributed by atoms with van der Waals surface area (Å²) in [6, 6.07) is 14.3. The second kappa shape index (κ2) is 10.2. The van der Waals surface area contributed by atoms with Crippen LogP contribution in [0.1, 0.15) is 23.8 Å². The number of carbonyl (C=O) groups is 1. The van der Waals surface area contributed by atoms with Crippen LogP contribution in [0.2, 0.25) is 0 Å². The maximum absolute atomic E-state index is 12.9. The van der Waals surface area contributed by atoms with E-state index in [4.69, 9.17) is 4.74 Å². The quantitative estimate of drug-likeness (QED) is 0.579. The zero-order chi connectivity index (χ0) is 21.3. The fourth-order valence-corrected chi connectivity index (χ4v) is 3.07. The Morgan fingerprint density at radius 1 is 1.23 bits per heavy atom. The molecule has 1 aromatic heterocycles. The maximum Gasteiger partial charge on any atom is 0.340 e. The highest BCUT2D eigenvalue weighted by Gasteiger charge is 2.11. The number of nitrogens with zero attached hydrogens (tertiary/aromatic N) is 1. The summed E-state index contributed by atoms with van der Waals surface area (Å²) >= 11 is 0. The molecule has 1 N–H and O–H groups in total. The molecule has 3 aromatic rings. The van der Waals surface area contributed by atoms with Crippen molar-refractivity contribution < 1.29 is 20.1 Å². The average molecular weight is 408 g/mol. The van der Waals surface area contributed by atoms with Gasteiger partial charge in [0, 0.05) is 7.62 Å². The van der Waals surface area contributed by atoms with Crippen LogP contribution in [0.15, 0.2) is 73.7 Å². The molecule has 0 atom stereocenters. The Balaban J connectivity index is 0.000000222. The van der Waals surface area contributed by atoms with E-state index in [1.165, 1.54) is 43.4 Å². The molecular weight excluding hydrogens is 383 g/mol. The highest BCUT2D eigenvalue weighted by molar-refractivity contribution is 5.95. The van der Waals surface area contributed by atoms with E-state index in [0.29, 0.717) is 11.3 Å². The lowest BCUT2D eigenvalue weighted by Crippen LogP contribution is -2.07. The zero-order valence-electron chi connectivity index (χ0n) is 16.7. The highest BCUT2D eigenvalue weighted by atomic mass is 19.1. The van der Waals surface area contributed by atoms with Crippen molar-refractivity contribution in [2.75, 3.05) is 19.0 Å². The zero-order valence-corrected chi connectivity index (χ0v) is 16.7. The van der Waals surface area contributed by atoms with Crippen molar-refractivity contribution in [2.24, 2.45) is 0 Å². The van der Waals surface area contributed by atoms with E-state index in [-0.39, 0.29) is 7.24 Å². The Morgan fingerprint density at radius 2 is 2.00 bits per heavy atom. The molecule has 30 heavy (non-hydrogen) atoms. The van der Waals surface area contributed by atoms with Crippen LogP contribution in [0.3, 0.4) is 0 Å². The third kappa shape index (κ3) is 5.23. The number of anilines is 1. The molecule has 156 valence electrons. The molecule has 5 nitrogen and oxygen atoms in total. The van der Waals surface area contributed by atoms with E-state index in [9.17, 15) is 9.18 Å². The second-order valence-corrected chi connectivity index (χ2v) is 6.54. The first kappa shape index (κ1) is 21.0. The molecule has 2 heterocycles. The summed E-state index contributed by atoms with van der Waals surface area (Å²) in [6.45, 7) is 4.28. The van der Waals surface area contributed by atoms with Gasteiger partial charge in [-0.1, -0.05) is 30.8 Å². The van der Waals surface area contributed by atoms with Crippen LogP contribution in [-0.4, -0.2) is 24.7 Å². The van der Waals surface area contributed by atoms with Crippen molar-refractivity contribution in [1.82, 2.24) is 4.98 Å². The minimum Gasteiger partial charge on any atom is -0.493 e. The van der Waals surface area contributed by atoms with Gasteiger partial charge < -0.3 is 14.8 Å². The number of hydrogen-bond acceptors (Lipinski definition) is 5. The minimum absolute atomic E-state index is 0.